The van der Waals surface area contributed by atoms with E-state index >= 15 is 0 Å². The van der Waals surface area contributed by atoms with Crippen LogP contribution in [0.15, 0.2) is 78.9 Å². The fraction of sp³-hybridized carbons (Fsp3) is 0.130. The Morgan fingerprint density at radius 3 is 2.14 bits per heavy atom. The van der Waals surface area contributed by atoms with E-state index in [1.54, 1.807) is 13.2 Å². The van der Waals surface area contributed by atoms with Crippen LogP contribution in [0.25, 0.3) is 0 Å². The van der Waals surface area contributed by atoms with Crippen LogP contribution in [0, 0.1) is 11.8 Å². The highest BCUT2D eigenvalue weighted by Crippen LogP contribution is 2.31. The number of hydrogen-bond donors (Lipinski definition) is 1. The molecular formula is C23H18F3NO. The lowest BCUT2D eigenvalue weighted by atomic mass is 10.0. The van der Waals surface area contributed by atoms with Gasteiger partial charge in [-0.1, -0.05) is 54.3 Å². The quantitative estimate of drug-likeness (QED) is 0.567. The average molecular weight is 381 g/mol. The maximum atomic E-state index is 12.9. The van der Waals surface area contributed by atoms with Crippen LogP contribution >= 0.6 is 0 Å². The monoisotopic (exact) mass is 381 g/mol. The van der Waals surface area contributed by atoms with E-state index in [-0.39, 0.29) is 0 Å². The van der Waals surface area contributed by atoms with Crippen LogP contribution in [0.5, 0.6) is 5.75 Å². The molecular weight excluding hydrogens is 363 g/mol. The van der Waals surface area contributed by atoms with E-state index in [0.717, 1.165) is 17.7 Å². The van der Waals surface area contributed by atoms with E-state index in [1.807, 2.05) is 48.5 Å². The largest absolute Gasteiger partial charge is 0.495 e. The van der Waals surface area contributed by atoms with Gasteiger partial charge in [0.25, 0.3) is 0 Å². The van der Waals surface area contributed by atoms with Crippen LogP contribution in [0.1, 0.15) is 22.7 Å². The summed E-state index contributed by atoms with van der Waals surface area (Å²) < 4.78 is 44.0. The Morgan fingerprint density at radius 2 is 1.50 bits per heavy atom. The molecule has 0 saturated heterocycles. The molecule has 0 aliphatic rings. The Hall–Kier alpha value is -3.39. The van der Waals surface area contributed by atoms with E-state index in [2.05, 4.69) is 17.2 Å². The summed E-state index contributed by atoms with van der Waals surface area (Å²) in [5, 5.41) is 3.26. The van der Waals surface area contributed by atoms with Gasteiger partial charge >= 0.3 is 6.18 Å². The molecule has 2 nitrogen and oxygen atoms in total. The SMILES string of the molecule is COc1ccccc1NC(C#Cc1ccccc1)c1ccc(C(F)(F)F)cc1. The van der Waals surface area contributed by atoms with Crippen molar-refractivity contribution in [2.75, 3.05) is 12.4 Å². The van der Waals surface area contributed by atoms with Crippen molar-refractivity contribution < 1.29 is 17.9 Å². The van der Waals surface area contributed by atoms with Crippen molar-refractivity contribution in [1.29, 1.82) is 0 Å². The van der Waals surface area contributed by atoms with Crippen LogP contribution in [0.3, 0.4) is 0 Å². The molecule has 1 N–H and O–H groups in total. The van der Waals surface area contributed by atoms with Crippen LogP contribution < -0.4 is 10.1 Å². The zero-order valence-corrected chi connectivity index (χ0v) is 15.1. The van der Waals surface area contributed by atoms with E-state index in [1.165, 1.54) is 12.1 Å². The third kappa shape index (κ3) is 4.86. The lowest BCUT2D eigenvalue weighted by molar-refractivity contribution is -0.137. The first-order chi connectivity index (χ1) is 13.5. The fourth-order valence-electron chi connectivity index (χ4n) is 2.66. The highest BCUT2D eigenvalue weighted by molar-refractivity contribution is 5.59. The second-order valence-corrected chi connectivity index (χ2v) is 6.03. The summed E-state index contributed by atoms with van der Waals surface area (Å²) >= 11 is 0. The summed E-state index contributed by atoms with van der Waals surface area (Å²) in [5.41, 5.74) is 1.46. The molecule has 0 spiro atoms. The third-order valence-corrected chi connectivity index (χ3v) is 4.11. The molecule has 5 heteroatoms. The van der Waals surface area contributed by atoms with Gasteiger partial charge in [-0.3, -0.25) is 0 Å². The van der Waals surface area contributed by atoms with Gasteiger partial charge in [0.2, 0.25) is 0 Å². The maximum Gasteiger partial charge on any atom is 0.416 e. The van der Waals surface area contributed by atoms with Gasteiger partial charge in [0.15, 0.2) is 0 Å². The first-order valence-corrected chi connectivity index (χ1v) is 8.60. The van der Waals surface area contributed by atoms with Gasteiger partial charge in [0.05, 0.1) is 18.4 Å². The number of halogens is 3. The maximum absolute atomic E-state index is 12.9. The van der Waals surface area contributed by atoms with Crippen molar-refractivity contribution in [3.8, 4) is 17.6 Å². The number of alkyl halides is 3. The van der Waals surface area contributed by atoms with Gasteiger partial charge in [0.1, 0.15) is 11.8 Å². The minimum atomic E-state index is -4.38. The zero-order valence-electron chi connectivity index (χ0n) is 15.1. The van der Waals surface area contributed by atoms with Gasteiger partial charge in [-0.25, -0.2) is 0 Å². The Morgan fingerprint density at radius 1 is 0.857 bits per heavy atom. The molecule has 0 fully saturated rings. The van der Waals surface area contributed by atoms with E-state index in [4.69, 9.17) is 4.74 Å². The van der Waals surface area contributed by atoms with Crippen LogP contribution in [0.2, 0.25) is 0 Å². The highest BCUT2D eigenvalue weighted by atomic mass is 19.4. The second kappa shape index (κ2) is 8.53. The molecule has 0 saturated carbocycles. The summed E-state index contributed by atoms with van der Waals surface area (Å²) in [6, 6.07) is 21.2. The average Bonchev–Trinajstić information content (AvgIpc) is 2.71. The first kappa shape index (κ1) is 19.4. The molecule has 0 bridgehead atoms. The molecule has 3 aromatic carbocycles. The van der Waals surface area contributed by atoms with Crippen LogP contribution in [-0.2, 0) is 6.18 Å². The number of anilines is 1. The summed E-state index contributed by atoms with van der Waals surface area (Å²) in [5.74, 6) is 6.81. The van der Waals surface area contributed by atoms with Gasteiger partial charge in [-0.05, 0) is 42.0 Å². The molecule has 0 radical (unpaired) electrons. The number of hydrogen-bond acceptors (Lipinski definition) is 2. The van der Waals surface area contributed by atoms with E-state index < -0.39 is 17.8 Å². The van der Waals surface area contributed by atoms with Gasteiger partial charge < -0.3 is 10.1 Å². The molecule has 0 heterocycles. The summed E-state index contributed by atoms with van der Waals surface area (Å²) in [6.07, 6.45) is -4.38. The normalized spacial score (nSPS) is 11.9. The smallest absolute Gasteiger partial charge is 0.416 e. The fourth-order valence-corrected chi connectivity index (χ4v) is 2.66. The van der Waals surface area contributed by atoms with Crippen molar-refractivity contribution in [3.63, 3.8) is 0 Å². The summed E-state index contributed by atoms with van der Waals surface area (Å²) in [4.78, 5) is 0. The highest BCUT2D eigenvalue weighted by Gasteiger charge is 2.30. The molecule has 0 aromatic heterocycles. The second-order valence-electron chi connectivity index (χ2n) is 6.03. The molecule has 0 aliphatic carbocycles. The lowest BCUT2D eigenvalue weighted by Crippen LogP contribution is -2.11. The number of rotatable bonds is 4. The van der Waals surface area contributed by atoms with Crippen LogP contribution in [0.4, 0.5) is 18.9 Å². The van der Waals surface area contributed by atoms with Gasteiger partial charge in [0, 0.05) is 5.56 Å². The predicted molar refractivity (Wildman–Crippen MR) is 104 cm³/mol. The van der Waals surface area contributed by atoms with Crippen LogP contribution in [-0.4, -0.2) is 7.11 Å². The molecule has 0 aliphatic heterocycles. The topological polar surface area (TPSA) is 21.3 Å². The number of nitrogens with one attached hydrogen (secondary N) is 1. The minimum absolute atomic E-state index is 0.515. The number of para-hydroxylation sites is 2. The van der Waals surface area contributed by atoms with Crippen molar-refractivity contribution in [2.24, 2.45) is 0 Å². The number of methoxy groups -OCH3 is 1. The van der Waals surface area contributed by atoms with Crippen molar-refractivity contribution in [3.05, 3.63) is 95.6 Å². The molecule has 3 rings (SSSR count). The molecule has 28 heavy (non-hydrogen) atoms. The zero-order chi connectivity index (χ0) is 20.0. The summed E-state index contributed by atoms with van der Waals surface area (Å²) in [6.45, 7) is 0. The Balaban J connectivity index is 1.96. The molecule has 1 unspecified atom stereocenters. The van der Waals surface area contributed by atoms with Crippen molar-refractivity contribution >= 4 is 5.69 Å². The van der Waals surface area contributed by atoms with Crippen molar-refractivity contribution in [2.45, 2.75) is 12.2 Å². The Labute approximate surface area is 162 Å². The molecule has 0 amide bonds. The first-order valence-electron chi connectivity index (χ1n) is 8.60. The molecule has 1 atom stereocenters. The molecule has 3 aromatic rings. The third-order valence-electron chi connectivity index (χ3n) is 4.11. The molecule has 142 valence electrons. The van der Waals surface area contributed by atoms with Gasteiger partial charge in [-0.2, -0.15) is 13.2 Å². The number of ether oxygens (including phenoxy) is 1. The lowest BCUT2D eigenvalue weighted by Gasteiger charge is -2.18. The standard InChI is InChI=1S/C23H18F3NO/c1-28-22-10-6-5-9-21(22)27-20(16-11-17-7-3-2-4-8-17)18-12-14-19(15-13-18)23(24,25)26/h2-10,12-15,20,27H,1H3. The Bertz CT molecular complexity index is 970. The summed E-state index contributed by atoms with van der Waals surface area (Å²) in [7, 11) is 1.56. The predicted octanol–water partition coefficient (Wildman–Crippen LogP) is 5.92. The Kier molecular flexibility index (Phi) is 5.90. The number of benzene rings is 3. The van der Waals surface area contributed by atoms with Gasteiger partial charge in [-0.15, -0.1) is 0 Å². The van der Waals surface area contributed by atoms with Crippen molar-refractivity contribution in [1.82, 2.24) is 0 Å². The van der Waals surface area contributed by atoms with E-state index in [9.17, 15) is 13.2 Å². The van der Waals surface area contributed by atoms with E-state index in [0.29, 0.717) is 17.0 Å². The minimum Gasteiger partial charge on any atom is -0.495 e.